The Kier molecular flexibility index (Phi) is 8.27. The molecule has 0 atom stereocenters. The molecule has 1 rings (SSSR count). The molecule has 0 spiro atoms. The number of rotatable bonds is 9. The number of hydrogen-bond donors (Lipinski definition) is 2. The van der Waals surface area contributed by atoms with Crippen molar-refractivity contribution in [1.29, 1.82) is 0 Å². The second-order valence-electron chi connectivity index (χ2n) is 6.94. The fourth-order valence-corrected chi connectivity index (χ4v) is 3.14. The molecule has 0 heterocycles. The molecule has 1 aliphatic rings. The number of carbonyl (C=O) groups is 1. The van der Waals surface area contributed by atoms with Crippen LogP contribution in [0.2, 0.25) is 0 Å². The van der Waals surface area contributed by atoms with Crippen molar-refractivity contribution in [1.82, 2.24) is 10.6 Å². The molecule has 1 aliphatic carbocycles. The lowest BCUT2D eigenvalue weighted by atomic mass is 9.69. The van der Waals surface area contributed by atoms with Gasteiger partial charge in [-0.15, -0.1) is 0 Å². The minimum atomic E-state index is 0.111. The summed E-state index contributed by atoms with van der Waals surface area (Å²) in [5, 5.41) is 6.39. The topological polar surface area (TPSA) is 50.4 Å². The third kappa shape index (κ3) is 6.79. The average Bonchev–Trinajstić information content (AvgIpc) is 2.48. The van der Waals surface area contributed by atoms with Gasteiger partial charge in [0, 0.05) is 32.7 Å². The first-order valence-corrected chi connectivity index (χ1v) is 8.48. The van der Waals surface area contributed by atoms with Gasteiger partial charge in [-0.1, -0.05) is 27.2 Å². The van der Waals surface area contributed by atoms with E-state index in [0.29, 0.717) is 31.0 Å². The van der Waals surface area contributed by atoms with Crippen molar-refractivity contribution < 1.29 is 9.53 Å². The van der Waals surface area contributed by atoms with Crippen molar-refractivity contribution in [2.45, 2.75) is 65.3 Å². The molecule has 1 fully saturated rings. The predicted octanol–water partition coefficient (Wildman–Crippen LogP) is 2.72. The highest BCUT2D eigenvalue weighted by Gasteiger charge is 2.31. The number of amides is 1. The van der Waals surface area contributed by atoms with Gasteiger partial charge >= 0.3 is 0 Å². The summed E-state index contributed by atoms with van der Waals surface area (Å²) in [6, 6.07) is 0.598. The third-order valence-electron chi connectivity index (χ3n) is 5.16. The molecule has 0 saturated heterocycles. The molecule has 0 aromatic heterocycles. The van der Waals surface area contributed by atoms with Gasteiger partial charge in [-0.3, -0.25) is 4.79 Å². The molecule has 2 N–H and O–H groups in total. The summed E-state index contributed by atoms with van der Waals surface area (Å²) in [6.07, 6.45) is 6.96. The number of carbonyl (C=O) groups excluding carboxylic acids is 1. The molecule has 0 aliphatic heterocycles. The Bertz CT molecular complexity index is 297. The van der Waals surface area contributed by atoms with Crippen molar-refractivity contribution in [3.8, 4) is 0 Å². The van der Waals surface area contributed by atoms with Gasteiger partial charge in [0.25, 0.3) is 0 Å². The van der Waals surface area contributed by atoms with E-state index in [4.69, 9.17) is 4.74 Å². The van der Waals surface area contributed by atoms with Crippen LogP contribution in [0.5, 0.6) is 0 Å². The summed E-state index contributed by atoms with van der Waals surface area (Å²) in [4.78, 5) is 11.6. The first-order chi connectivity index (χ1) is 9.99. The highest BCUT2D eigenvalue weighted by molar-refractivity contribution is 5.76. The lowest BCUT2D eigenvalue weighted by Crippen LogP contribution is -2.38. The number of ether oxygens (including phenoxy) is 1. The van der Waals surface area contributed by atoms with E-state index in [2.05, 4.69) is 31.4 Å². The van der Waals surface area contributed by atoms with Crippen molar-refractivity contribution >= 4 is 5.91 Å². The Balaban J connectivity index is 2.12. The maximum atomic E-state index is 11.6. The van der Waals surface area contributed by atoms with E-state index < -0.39 is 0 Å². The Morgan fingerprint density at radius 2 is 1.86 bits per heavy atom. The number of methoxy groups -OCH3 is 1. The van der Waals surface area contributed by atoms with Crippen LogP contribution < -0.4 is 10.6 Å². The van der Waals surface area contributed by atoms with Crippen LogP contribution in [0.1, 0.15) is 59.3 Å². The van der Waals surface area contributed by atoms with Gasteiger partial charge in [-0.2, -0.15) is 0 Å². The van der Waals surface area contributed by atoms with Crippen LogP contribution in [-0.2, 0) is 9.53 Å². The van der Waals surface area contributed by atoms with E-state index in [0.717, 1.165) is 12.5 Å². The minimum absolute atomic E-state index is 0.111. The summed E-state index contributed by atoms with van der Waals surface area (Å²) in [6.45, 7) is 9.06. The molecule has 124 valence electrons. The van der Waals surface area contributed by atoms with Gasteiger partial charge in [-0.25, -0.2) is 0 Å². The van der Waals surface area contributed by atoms with E-state index in [1.54, 1.807) is 7.11 Å². The molecule has 0 unspecified atom stereocenters. The normalized spacial score (nSPS) is 23.0. The van der Waals surface area contributed by atoms with E-state index in [-0.39, 0.29) is 5.91 Å². The van der Waals surface area contributed by atoms with Gasteiger partial charge in [-0.05, 0) is 37.0 Å². The minimum Gasteiger partial charge on any atom is -0.383 e. The lowest BCUT2D eigenvalue weighted by molar-refractivity contribution is -0.121. The van der Waals surface area contributed by atoms with Gasteiger partial charge in [0.15, 0.2) is 0 Å². The van der Waals surface area contributed by atoms with Gasteiger partial charge in [0.2, 0.25) is 5.91 Å². The zero-order valence-corrected chi connectivity index (χ0v) is 14.3. The Hall–Kier alpha value is -0.610. The standard InChI is InChI=1S/C17H34N2O2/c1-5-17(2,3)14-6-8-15(9-7-14)18-11-10-16(20)19-12-13-21-4/h14-15,18H,5-13H2,1-4H3,(H,19,20). The SMILES string of the molecule is CCC(C)(C)C1CCC(NCCC(=O)NCCOC)CC1. The summed E-state index contributed by atoms with van der Waals surface area (Å²) in [7, 11) is 1.64. The van der Waals surface area contributed by atoms with E-state index in [9.17, 15) is 4.79 Å². The van der Waals surface area contributed by atoms with Gasteiger partial charge in [0.1, 0.15) is 0 Å². The van der Waals surface area contributed by atoms with Gasteiger partial charge in [0.05, 0.1) is 6.61 Å². The number of hydrogen-bond acceptors (Lipinski definition) is 3. The van der Waals surface area contributed by atoms with Crippen LogP contribution in [0.4, 0.5) is 0 Å². The van der Waals surface area contributed by atoms with Crippen LogP contribution in [0.15, 0.2) is 0 Å². The van der Waals surface area contributed by atoms with Crippen LogP contribution >= 0.6 is 0 Å². The molecular weight excluding hydrogens is 264 g/mol. The van der Waals surface area contributed by atoms with Gasteiger partial charge < -0.3 is 15.4 Å². The second kappa shape index (κ2) is 9.42. The van der Waals surface area contributed by atoms with Crippen LogP contribution in [0, 0.1) is 11.3 Å². The largest absolute Gasteiger partial charge is 0.383 e. The Morgan fingerprint density at radius 3 is 2.43 bits per heavy atom. The summed E-state index contributed by atoms with van der Waals surface area (Å²) < 4.78 is 4.91. The van der Waals surface area contributed by atoms with Crippen molar-refractivity contribution in [3.63, 3.8) is 0 Å². The highest BCUT2D eigenvalue weighted by Crippen LogP contribution is 2.40. The molecule has 1 saturated carbocycles. The van der Waals surface area contributed by atoms with Crippen LogP contribution in [0.3, 0.4) is 0 Å². The van der Waals surface area contributed by atoms with Crippen LogP contribution in [0.25, 0.3) is 0 Å². The quantitative estimate of drug-likeness (QED) is 0.644. The molecule has 0 bridgehead atoms. The molecule has 21 heavy (non-hydrogen) atoms. The first-order valence-electron chi connectivity index (χ1n) is 8.48. The van der Waals surface area contributed by atoms with Crippen molar-refractivity contribution in [2.75, 3.05) is 26.8 Å². The Labute approximate surface area is 130 Å². The third-order valence-corrected chi connectivity index (χ3v) is 5.16. The zero-order valence-electron chi connectivity index (χ0n) is 14.3. The Morgan fingerprint density at radius 1 is 1.19 bits per heavy atom. The smallest absolute Gasteiger partial charge is 0.221 e. The predicted molar refractivity (Wildman–Crippen MR) is 87.3 cm³/mol. The molecule has 4 heteroatoms. The summed E-state index contributed by atoms with van der Waals surface area (Å²) in [5.41, 5.74) is 0.478. The molecule has 0 radical (unpaired) electrons. The van der Waals surface area contributed by atoms with Crippen molar-refractivity contribution in [3.05, 3.63) is 0 Å². The molecular formula is C17H34N2O2. The zero-order chi connectivity index (χ0) is 15.7. The molecule has 1 amide bonds. The lowest BCUT2D eigenvalue weighted by Gasteiger charge is -2.39. The average molecular weight is 298 g/mol. The summed E-state index contributed by atoms with van der Waals surface area (Å²) >= 11 is 0. The van der Waals surface area contributed by atoms with E-state index in [1.807, 2.05) is 0 Å². The van der Waals surface area contributed by atoms with E-state index in [1.165, 1.54) is 32.1 Å². The first kappa shape index (κ1) is 18.4. The highest BCUT2D eigenvalue weighted by atomic mass is 16.5. The molecule has 0 aromatic carbocycles. The fourth-order valence-electron chi connectivity index (χ4n) is 3.14. The van der Waals surface area contributed by atoms with E-state index >= 15 is 0 Å². The van der Waals surface area contributed by atoms with Crippen LogP contribution in [-0.4, -0.2) is 38.8 Å². The molecule has 0 aromatic rings. The number of nitrogens with one attached hydrogen (secondary N) is 2. The molecule has 4 nitrogen and oxygen atoms in total. The maximum Gasteiger partial charge on any atom is 0.221 e. The second-order valence-corrected chi connectivity index (χ2v) is 6.94. The van der Waals surface area contributed by atoms with Crippen molar-refractivity contribution in [2.24, 2.45) is 11.3 Å². The fraction of sp³-hybridized carbons (Fsp3) is 0.941. The monoisotopic (exact) mass is 298 g/mol. The maximum absolute atomic E-state index is 11.6. The summed E-state index contributed by atoms with van der Waals surface area (Å²) in [5.74, 6) is 0.971.